The number of rotatable bonds is 5. The maximum atomic E-state index is 9.54. The lowest BCUT2D eigenvalue weighted by Gasteiger charge is -2.31. The Morgan fingerprint density at radius 2 is 0.763 bits per heavy atom. The summed E-state index contributed by atoms with van der Waals surface area (Å²) < 4.78 is 0. The monoisotopic (exact) mass is 749 g/mol. The van der Waals surface area contributed by atoms with Crippen LogP contribution in [0.5, 0.6) is 0 Å². The van der Waals surface area contributed by atoms with Crippen LogP contribution in [-0.4, -0.2) is 15.0 Å². The van der Waals surface area contributed by atoms with Crippen molar-refractivity contribution in [3.63, 3.8) is 0 Å². The summed E-state index contributed by atoms with van der Waals surface area (Å²) >= 11 is 0. The Kier molecular flexibility index (Phi) is 7.76. The van der Waals surface area contributed by atoms with Crippen LogP contribution in [0.15, 0.2) is 188 Å². The van der Waals surface area contributed by atoms with Crippen molar-refractivity contribution >= 4 is 0 Å². The van der Waals surface area contributed by atoms with E-state index in [4.69, 9.17) is 15.0 Å². The van der Waals surface area contributed by atoms with Gasteiger partial charge in [-0.25, -0.2) is 15.0 Å². The van der Waals surface area contributed by atoms with Gasteiger partial charge in [0.1, 0.15) is 0 Å². The molecule has 0 N–H and O–H groups in total. The number of hydrogen-bond acceptors (Lipinski definition) is 5. The minimum Gasteiger partial charge on any atom is -0.208 e. The summed E-state index contributed by atoms with van der Waals surface area (Å²) in [6.45, 7) is 0. The first-order valence-electron chi connectivity index (χ1n) is 19.6. The van der Waals surface area contributed by atoms with Gasteiger partial charge in [0.05, 0.1) is 28.7 Å². The Morgan fingerprint density at radius 1 is 0.322 bits per heavy atom. The first-order chi connectivity index (χ1) is 29.1. The topological polar surface area (TPSA) is 86.2 Å². The van der Waals surface area contributed by atoms with Gasteiger partial charge in [-0.15, -0.1) is 0 Å². The average molecular weight is 750 g/mol. The van der Waals surface area contributed by atoms with Crippen molar-refractivity contribution in [3.8, 4) is 90.8 Å². The van der Waals surface area contributed by atoms with Gasteiger partial charge >= 0.3 is 0 Å². The molecule has 8 aromatic carbocycles. The van der Waals surface area contributed by atoms with Crippen LogP contribution in [0.2, 0.25) is 0 Å². The highest BCUT2D eigenvalue weighted by Crippen LogP contribution is 2.64. The van der Waals surface area contributed by atoms with E-state index in [-0.39, 0.29) is 0 Å². The van der Waals surface area contributed by atoms with Crippen LogP contribution >= 0.6 is 0 Å². The molecular formula is C54H31N5. The van der Waals surface area contributed by atoms with Gasteiger partial charge in [-0.2, -0.15) is 10.5 Å². The van der Waals surface area contributed by atoms with E-state index in [1.807, 2.05) is 24.3 Å². The molecule has 0 amide bonds. The summed E-state index contributed by atoms with van der Waals surface area (Å²) in [4.78, 5) is 15.4. The Bertz CT molecular complexity index is 3050. The number of hydrogen-bond donors (Lipinski definition) is 0. The quantitative estimate of drug-likeness (QED) is 0.175. The highest BCUT2D eigenvalue weighted by atomic mass is 15.0. The summed E-state index contributed by atoms with van der Waals surface area (Å²) in [5.41, 5.74) is 17.1. The lowest BCUT2D eigenvalue weighted by atomic mass is 9.69. The number of nitriles is 2. The fourth-order valence-corrected chi connectivity index (χ4v) is 9.18. The largest absolute Gasteiger partial charge is 0.208 e. The minimum atomic E-state index is -0.638. The zero-order chi connectivity index (χ0) is 39.5. The molecule has 1 heterocycles. The normalized spacial score (nSPS) is 12.5. The highest BCUT2D eigenvalue weighted by Gasteiger charge is 2.52. The molecule has 2 aliphatic rings. The van der Waals surface area contributed by atoms with E-state index in [9.17, 15) is 10.5 Å². The molecule has 272 valence electrons. The minimum absolute atomic E-state index is 0.494. The molecule has 11 rings (SSSR count). The van der Waals surface area contributed by atoms with Crippen LogP contribution in [0, 0.1) is 22.7 Å². The molecule has 0 radical (unpaired) electrons. The van der Waals surface area contributed by atoms with Crippen LogP contribution in [0.4, 0.5) is 0 Å². The molecule has 0 fully saturated rings. The van der Waals surface area contributed by atoms with Gasteiger partial charge in [-0.1, -0.05) is 127 Å². The molecule has 0 bridgehead atoms. The van der Waals surface area contributed by atoms with Crippen molar-refractivity contribution in [3.05, 3.63) is 221 Å². The van der Waals surface area contributed by atoms with Crippen molar-refractivity contribution in [2.24, 2.45) is 0 Å². The maximum absolute atomic E-state index is 9.54. The number of nitrogens with zero attached hydrogens (tertiary/aromatic N) is 5. The van der Waals surface area contributed by atoms with Gasteiger partial charge in [-0.05, 0) is 127 Å². The smallest absolute Gasteiger partial charge is 0.164 e. The second-order valence-corrected chi connectivity index (χ2v) is 15.0. The Labute approximate surface area is 341 Å². The predicted octanol–water partition coefficient (Wildman–Crippen LogP) is 12.3. The van der Waals surface area contributed by atoms with E-state index in [1.54, 1.807) is 24.3 Å². The molecule has 2 aliphatic carbocycles. The molecule has 0 atom stereocenters. The standard InChI is InChI=1S/C54H31N5/c55-32-34-18-22-38(23-19-34)51-57-52(39-24-20-35(33-56)21-25-39)59-53(58-51)45-15-9-17-47-50(45)44-14-7-8-16-46(44)54(47)48-30-40(36-10-3-1-4-11-36)26-28-42(48)43-29-27-41(31-49(43)54)37-12-5-2-6-13-37/h1-31H. The number of aromatic nitrogens is 3. The van der Waals surface area contributed by atoms with Gasteiger partial charge in [0.15, 0.2) is 17.5 Å². The van der Waals surface area contributed by atoms with Crippen LogP contribution < -0.4 is 0 Å². The third-order valence-corrected chi connectivity index (χ3v) is 11.8. The molecule has 5 heteroatoms. The van der Waals surface area contributed by atoms with Crippen LogP contribution in [0.1, 0.15) is 33.4 Å². The van der Waals surface area contributed by atoms with Crippen LogP contribution in [-0.2, 0) is 5.41 Å². The summed E-state index contributed by atoms with van der Waals surface area (Å²) in [7, 11) is 0. The third-order valence-electron chi connectivity index (χ3n) is 11.8. The van der Waals surface area contributed by atoms with Gasteiger partial charge in [-0.3, -0.25) is 0 Å². The van der Waals surface area contributed by atoms with E-state index < -0.39 is 5.41 Å². The molecule has 0 saturated carbocycles. The van der Waals surface area contributed by atoms with Crippen LogP contribution in [0.3, 0.4) is 0 Å². The van der Waals surface area contributed by atoms with Crippen LogP contribution in [0.25, 0.3) is 78.7 Å². The SMILES string of the molecule is N#Cc1ccc(-c2nc(-c3ccc(C#N)cc3)nc(-c3cccc4c3-c3ccccc3C43c4cc(-c5ccccc5)ccc4-c4ccc(-c5ccccc5)cc43)n2)cc1. The lowest BCUT2D eigenvalue weighted by Crippen LogP contribution is -2.26. The second-order valence-electron chi connectivity index (χ2n) is 15.0. The molecule has 0 unspecified atom stereocenters. The van der Waals surface area contributed by atoms with E-state index in [0.717, 1.165) is 27.8 Å². The zero-order valence-electron chi connectivity index (χ0n) is 31.6. The molecule has 1 aromatic heterocycles. The van der Waals surface area contributed by atoms with E-state index >= 15 is 0 Å². The van der Waals surface area contributed by atoms with Gasteiger partial charge in [0, 0.05) is 16.7 Å². The fraction of sp³-hybridized carbons (Fsp3) is 0.0185. The van der Waals surface area contributed by atoms with Crippen molar-refractivity contribution in [2.75, 3.05) is 0 Å². The maximum Gasteiger partial charge on any atom is 0.164 e. The van der Waals surface area contributed by atoms with E-state index in [1.165, 1.54) is 55.6 Å². The predicted molar refractivity (Wildman–Crippen MR) is 233 cm³/mol. The second kappa shape index (κ2) is 13.5. The van der Waals surface area contributed by atoms with Gasteiger partial charge in [0.2, 0.25) is 0 Å². The number of fused-ring (bicyclic) bond motifs is 10. The van der Waals surface area contributed by atoms with E-state index in [2.05, 4.69) is 152 Å². The number of benzene rings is 8. The Morgan fingerprint density at radius 3 is 1.29 bits per heavy atom. The molecule has 59 heavy (non-hydrogen) atoms. The first-order valence-corrected chi connectivity index (χ1v) is 19.6. The van der Waals surface area contributed by atoms with Crippen molar-refractivity contribution < 1.29 is 0 Å². The fourth-order valence-electron chi connectivity index (χ4n) is 9.18. The van der Waals surface area contributed by atoms with E-state index in [0.29, 0.717) is 28.6 Å². The summed E-state index contributed by atoms with van der Waals surface area (Å²) in [6, 6.07) is 69.5. The van der Waals surface area contributed by atoms with Crippen molar-refractivity contribution in [2.45, 2.75) is 5.41 Å². The molecule has 0 saturated heterocycles. The Hall–Kier alpha value is -8.25. The molecule has 1 spiro atoms. The zero-order valence-corrected chi connectivity index (χ0v) is 31.6. The molecule has 9 aromatic rings. The summed E-state index contributed by atoms with van der Waals surface area (Å²) in [5.74, 6) is 1.53. The summed E-state index contributed by atoms with van der Waals surface area (Å²) in [5, 5.41) is 19.1. The van der Waals surface area contributed by atoms with Crippen molar-refractivity contribution in [1.29, 1.82) is 10.5 Å². The van der Waals surface area contributed by atoms with Gasteiger partial charge < -0.3 is 0 Å². The highest BCUT2D eigenvalue weighted by molar-refractivity contribution is 6.00. The molecule has 0 aliphatic heterocycles. The molecule has 5 nitrogen and oxygen atoms in total. The Balaban J connectivity index is 1.20. The van der Waals surface area contributed by atoms with Crippen molar-refractivity contribution in [1.82, 2.24) is 15.0 Å². The summed E-state index contributed by atoms with van der Waals surface area (Å²) in [6.07, 6.45) is 0. The third kappa shape index (κ3) is 5.27. The lowest BCUT2D eigenvalue weighted by molar-refractivity contribution is 0.794. The first kappa shape index (κ1) is 34.0. The molecular weight excluding hydrogens is 719 g/mol. The average Bonchev–Trinajstić information content (AvgIpc) is 3.79. The van der Waals surface area contributed by atoms with Gasteiger partial charge in [0.25, 0.3) is 0 Å².